The van der Waals surface area contributed by atoms with Gasteiger partial charge in [-0.1, -0.05) is 19.4 Å². The van der Waals surface area contributed by atoms with E-state index in [4.69, 9.17) is 0 Å². The normalized spacial score (nSPS) is 20.2. The predicted octanol–water partition coefficient (Wildman–Crippen LogP) is 3.36. The molecule has 0 spiro atoms. The van der Waals surface area contributed by atoms with Gasteiger partial charge in [-0.3, -0.25) is 0 Å². The van der Waals surface area contributed by atoms with Gasteiger partial charge in [0.1, 0.15) is 5.82 Å². The summed E-state index contributed by atoms with van der Waals surface area (Å²) in [5, 5.41) is 3.28. The number of nitrogens with one attached hydrogen (secondary N) is 1. The van der Waals surface area contributed by atoms with Gasteiger partial charge in [-0.05, 0) is 43.5 Å². The van der Waals surface area contributed by atoms with E-state index in [9.17, 15) is 4.39 Å². The Bertz CT molecular complexity index is 367. The van der Waals surface area contributed by atoms with Crippen molar-refractivity contribution >= 4 is 5.69 Å². The third kappa shape index (κ3) is 3.98. The number of hydrogen-bond acceptors (Lipinski definition) is 2. The van der Waals surface area contributed by atoms with Crippen LogP contribution >= 0.6 is 0 Å². The van der Waals surface area contributed by atoms with Crippen LogP contribution in [0.4, 0.5) is 10.1 Å². The Kier molecular flexibility index (Phi) is 5.00. The zero-order valence-electron chi connectivity index (χ0n) is 11.2. The summed E-state index contributed by atoms with van der Waals surface area (Å²) in [5.41, 5.74) is 0.874. The van der Waals surface area contributed by atoms with Gasteiger partial charge in [0.15, 0.2) is 0 Å². The first-order chi connectivity index (χ1) is 8.78. The smallest absolute Gasteiger partial charge is 0.125 e. The lowest BCUT2D eigenvalue weighted by Crippen LogP contribution is -2.27. The average Bonchev–Trinajstić information content (AvgIpc) is 2.78. The molecule has 0 bridgehead atoms. The van der Waals surface area contributed by atoms with E-state index >= 15 is 0 Å². The Morgan fingerprint density at radius 3 is 3.11 bits per heavy atom. The highest BCUT2D eigenvalue weighted by Gasteiger charge is 2.20. The molecule has 1 atom stereocenters. The molecule has 18 heavy (non-hydrogen) atoms. The van der Waals surface area contributed by atoms with Crippen molar-refractivity contribution < 1.29 is 4.39 Å². The van der Waals surface area contributed by atoms with Crippen molar-refractivity contribution in [3.63, 3.8) is 0 Å². The fourth-order valence-electron chi connectivity index (χ4n) is 2.72. The SMILES string of the molecule is CCCC1CCN(CCNc2cccc(F)c2)C1. The monoisotopic (exact) mass is 250 g/mol. The minimum atomic E-state index is -0.177. The molecule has 0 amide bonds. The first-order valence-electron chi connectivity index (χ1n) is 6.99. The van der Waals surface area contributed by atoms with Crippen LogP contribution in [0.25, 0.3) is 0 Å². The zero-order chi connectivity index (χ0) is 12.8. The highest BCUT2D eigenvalue weighted by Crippen LogP contribution is 2.20. The van der Waals surface area contributed by atoms with Gasteiger partial charge in [-0.2, -0.15) is 0 Å². The molecule has 1 aliphatic heterocycles. The van der Waals surface area contributed by atoms with Crippen LogP contribution in [0.2, 0.25) is 0 Å². The number of likely N-dealkylation sites (tertiary alicyclic amines) is 1. The number of rotatable bonds is 6. The maximum absolute atomic E-state index is 13.0. The molecule has 0 radical (unpaired) electrons. The molecule has 3 heteroatoms. The van der Waals surface area contributed by atoms with Crippen LogP contribution in [0.15, 0.2) is 24.3 Å². The molecule has 0 saturated carbocycles. The van der Waals surface area contributed by atoms with E-state index < -0.39 is 0 Å². The first-order valence-corrected chi connectivity index (χ1v) is 6.99. The topological polar surface area (TPSA) is 15.3 Å². The Hall–Kier alpha value is -1.09. The Labute approximate surface area is 109 Å². The molecule has 1 N–H and O–H groups in total. The molecule has 1 heterocycles. The zero-order valence-corrected chi connectivity index (χ0v) is 11.2. The first kappa shape index (κ1) is 13.3. The second-order valence-electron chi connectivity index (χ2n) is 5.18. The molecule has 0 aliphatic carbocycles. The number of nitrogens with zero attached hydrogens (tertiary/aromatic N) is 1. The maximum Gasteiger partial charge on any atom is 0.125 e. The van der Waals surface area contributed by atoms with Gasteiger partial charge in [0, 0.05) is 25.3 Å². The van der Waals surface area contributed by atoms with Crippen LogP contribution < -0.4 is 5.32 Å². The van der Waals surface area contributed by atoms with Crippen molar-refractivity contribution in [2.24, 2.45) is 5.92 Å². The third-order valence-corrected chi connectivity index (χ3v) is 3.65. The number of anilines is 1. The molecule has 1 aliphatic rings. The quantitative estimate of drug-likeness (QED) is 0.833. The van der Waals surface area contributed by atoms with E-state index in [1.807, 2.05) is 6.07 Å². The van der Waals surface area contributed by atoms with Crippen LogP contribution in [-0.4, -0.2) is 31.1 Å². The lowest BCUT2D eigenvalue weighted by molar-refractivity contribution is 0.332. The Balaban J connectivity index is 1.67. The molecule has 1 aromatic rings. The Morgan fingerprint density at radius 2 is 2.33 bits per heavy atom. The fourth-order valence-corrected chi connectivity index (χ4v) is 2.72. The summed E-state index contributed by atoms with van der Waals surface area (Å²) in [6.45, 7) is 6.65. The summed E-state index contributed by atoms with van der Waals surface area (Å²) in [5.74, 6) is 0.716. The van der Waals surface area contributed by atoms with E-state index in [1.165, 1.54) is 38.4 Å². The molecule has 2 nitrogen and oxygen atoms in total. The van der Waals surface area contributed by atoms with E-state index in [-0.39, 0.29) is 5.82 Å². The molecule has 100 valence electrons. The minimum absolute atomic E-state index is 0.177. The highest BCUT2D eigenvalue weighted by molar-refractivity contribution is 5.42. The second-order valence-corrected chi connectivity index (χ2v) is 5.18. The molecule has 1 aromatic carbocycles. The van der Waals surface area contributed by atoms with Gasteiger partial charge in [0.05, 0.1) is 0 Å². The van der Waals surface area contributed by atoms with Gasteiger partial charge in [-0.25, -0.2) is 4.39 Å². The van der Waals surface area contributed by atoms with Gasteiger partial charge in [0.2, 0.25) is 0 Å². The molecule has 2 rings (SSSR count). The number of benzene rings is 1. The van der Waals surface area contributed by atoms with Crippen LogP contribution in [0, 0.1) is 11.7 Å². The van der Waals surface area contributed by atoms with Crippen molar-refractivity contribution in [3.8, 4) is 0 Å². The van der Waals surface area contributed by atoms with Gasteiger partial charge < -0.3 is 10.2 Å². The number of hydrogen-bond donors (Lipinski definition) is 1. The Morgan fingerprint density at radius 1 is 1.44 bits per heavy atom. The highest BCUT2D eigenvalue weighted by atomic mass is 19.1. The van der Waals surface area contributed by atoms with Gasteiger partial charge in [0.25, 0.3) is 0 Å². The van der Waals surface area contributed by atoms with Crippen LogP contribution in [0.1, 0.15) is 26.2 Å². The predicted molar refractivity (Wildman–Crippen MR) is 74.3 cm³/mol. The van der Waals surface area contributed by atoms with Crippen LogP contribution in [0.5, 0.6) is 0 Å². The summed E-state index contributed by atoms with van der Waals surface area (Å²) in [7, 11) is 0. The van der Waals surface area contributed by atoms with Crippen molar-refractivity contribution in [2.45, 2.75) is 26.2 Å². The van der Waals surface area contributed by atoms with E-state index in [2.05, 4.69) is 17.1 Å². The van der Waals surface area contributed by atoms with E-state index in [1.54, 1.807) is 12.1 Å². The van der Waals surface area contributed by atoms with E-state index in [0.29, 0.717) is 0 Å². The molecule has 1 unspecified atom stereocenters. The summed E-state index contributed by atoms with van der Waals surface area (Å²) in [6, 6.07) is 6.67. The van der Waals surface area contributed by atoms with Crippen molar-refractivity contribution in [2.75, 3.05) is 31.5 Å². The van der Waals surface area contributed by atoms with Gasteiger partial charge >= 0.3 is 0 Å². The molecule has 1 saturated heterocycles. The lowest BCUT2D eigenvalue weighted by Gasteiger charge is -2.16. The maximum atomic E-state index is 13.0. The molecular formula is C15H23FN2. The standard InChI is InChI=1S/C15H23FN2/c1-2-4-13-7-9-18(12-13)10-8-17-15-6-3-5-14(16)11-15/h3,5-6,11,13,17H,2,4,7-10,12H2,1H3. The summed E-state index contributed by atoms with van der Waals surface area (Å²) < 4.78 is 13.0. The summed E-state index contributed by atoms with van der Waals surface area (Å²) >= 11 is 0. The van der Waals surface area contributed by atoms with Crippen molar-refractivity contribution in [3.05, 3.63) is 30.1 Å². The largest absolute Gasteiger partial charge is 0.384 e. The van der Waals surface area contributed by atoms with Gasteiger partial charge in [-0.15, -0.1) is 0 Å². The van der Waals surface area contributed by atoms with Crippen molar-refractivity contribution in [1.82, 2.24) is 4.90 Å². The van der Waals surface area contributed by atoms with Crippen LogP contribution in [0.3, 0.4) is 0 Å². The lowest BCUT2D eigenvalue weighted by atomic mass is 10.0. The molecular weight excluding hydrogens is 227 g/mol. The fraction of sp³-hybridized carbons (Fsp3) is 0.600. The average molecular weight is 250 g/mol. The van der Waals surface area contributed by atoms with Crippen LogP contribution in [-0.2, 0) is 0 Å². The molecule has 1 fully saturated rings. The minimum Gasteiger partial charge on any atom is -0.384 e. The number of halogens is 1. The summed E-state index contributed by atoms with van der Waals surface area (Å²) in [6.07, 6.45) is 3.99. The van der Waals surface area contributed by atoms with E-state index in [0.717, 1.165) is 24.7 Å². The second kappa shape index (κ2) is 6.74. The van der Waals surface area contributed by atoms with Crippen molar-refractivity contribution in [1.29, 1.82) is 0 Å². The summed E-state index contributed by atoms with van der Waals surface area (Å²) in [4.78, 5) is 2.51. The molecule has 0 aromatic heterocycles. The third-order valence-electron chi connectivity index (χ3n) is 3.65.